The molecule has 2 rings (SSSR count). The SMILES string of the molecule is CC1(C)OC(=O)C(=CNc2c(Br)cc(OC(F)F)cc2Br)C(=O)O1. The Bertz CT molecular complexity index is 676. The average molecular weight is 471 g/mol. The van der Waals surface area contributed by atoms with Gasteiger partial charge in [0.25, 0.3) is 5.79 Å². The van der Waals surface area contributed by atoms with Gasteiger partial charge < -0.3 is 19.5 Å². The lowest BCUT2D eigenvalue weighted by atomic mass is 10.2. The van der Waals surface area contributed by atoms with E-state index in [1.807, 2.05) is 0 Å². The normalized spacial score (nSPS) is 16.5. The van der Waals surface area contributed by atoms with Gasteiger partial charge in [0.1, 0.15) is 5.75 Å². The molecule has 0 bridgehead atoms. The number of esters is 2. The van der Waals surface area contributed by atoms with Gasteiger partial charge in [0, 0.05) is 29.0 Å². The van der Waals surface area contributed by atoms with Crippen molar-refractivity contribution in [1.82, 2.24) is 0 Å². The summed E-state index contributed by atoms with van der Waals surface area (Å²) in [6.07, 6.45) is 1.11. The Morgan fingerprint density at radius 3 is 2.12 bits per heavy atom. The Morgan fingerprint density at radius 1 is 1.17 bits per heavy atom. The number of alkyl halides is 2. The van der Waals surface area contributed by atoms with E-state index in [2.05, 4.69) is 41.9 Å². The lowest BCUT2D eigenvalue weighted by Gasteiger charge is -2.29. The second-order valence-corrected chi connectivity index (χ2v) is 6.73. The minimum atomic E-state index is -2.96. The van der Waals surface area contributed by atoms with Crippen LogP contribution in [0.4, 0.5) is 14.5 Å². The first-order valence-electron chi connectivity index (χ1n) is 6.46. The highest BCUT2D eigenvalue weighted by Gasteiger charge is 2.39. The van der Waals surface area contributed by atoms with Gasteiger partial charge in [0.15, 0.2) is 5.57 Å². The van der Waals surface area contributed by atoms with Crippen molar-refractivity contribution in [2.75, 3.05) is 5.32 Å². The number of carbonyl (C=O) groups is 2. The smallest absolute Gasteiger partial charge is 0.387 e. The molecular weight excluding hydrogens is 460 g/mol. The molecule has 0 aromatic heterocycles. The largest absolute Gasteiger partial charge is 0.435 e. The number of halogens is 4. The fourth-order valence-electron chi connectivity index (χ4n) is 1.78. The summed E-state index contributed by atoms with van der Waals surface area (Å²) in [5, 5.41) is 2.72. The van der Waals surface area contributed by atoms with Crippen LogP contribution in [-0.2, 0) is 19.1 Å². The summed E-state index contributed by atoms with van der Waals surface area (Å²) in [7, 11) is 0. The first kappa shape index (κ1) is 18.7. The van der Waals surface area contributed by atoms with Crippen molar-refractivity contribution in [2.45, 2.75) is 26.2 Å². The highest BCUT2D eigenvalue weighted by molar-refractivity contribution is 9.11. The van der Waals surface area contributed by atoms with Crippen molar-refractivity contribution >= 4 is 49.5 Å². The lowest BCUT2D eigenvalue weighted by Crippen LogP contribution is -2.42. The Kier molecular flexibility index (Phi) is 5.49. The van der Waals surface area contributed by atoms with Crippen molar-refractivity contribution in [3.63, 3.8) is 0 Å². The topological polar surface area (TPSA) is 73.9 Å². The Balaban J connectivity index is 2.23. The second kappa shape index (κ2) is 7.06. The molecule has 0 amide bonds. The van der Waals surface area contributed by atoms with E-state index >= 15 is 0 Å². The molecule has 0 radical (unpaired) electrons. The van der Waals surface area contributed by atoms with Crippen LogP contribution in [0.1, 0.15) is 13.8 Å². The number of carbonyl (C=O) groups excluding carboxylic acids is 2. The van der Waals surface area contributed by atoms with Crippen LogP contribution in [0.2, 0.25) is 0 Å². The number of hydrogen-bond donors (Lipinski definition) is 1. The molecule has 1 heterocycles. The first-order chi connectivity index (χ1) is 11.1. The van der Waals surface area contributed by atoms with Gasteiger partial charge in [-0.05, 0) is 44.0 Å². The standard InChI is InChI=1S/C14H11Br2F2NO5/c1-14(2)23-11(20)7(12(21)24-14)5-19-10-8(15)3-6(4-9(10)16)22-13(17)18/h3-5,13,19H,1-2H3. The van der Waals surface area contributed by atoms with E-state index in [1.54, 1.807) is 0 Å². The zero-order chi connectivity index (χ0) is 18.1. The predicted molar refractivity (Wildman–Crippen MR) is 86.4 cm³/mol. The van der Waals surface area contributed by atoms with E-state index in [0.29, 0.717) is 14.6 Å². The fourth-order valence-corrected chi connectivity index (χ4v) is 3.15. The third kappa shape index (κ3) is 4.44. The molecular formula is C14H11Br2F2NO5. The molecule has 0 spiro atoms. The van der Waals surface area contributed by atoms with Crippen LogP contribution in [0, 0.1) is 0 Å². The maximum absolute atomic E-state index is 12.2. The van der Waals surface area contributed by atoms with E-state index in [-0.39, 0.29) is 11.3 Å². The molecule has 130 valence electrons. The number of benzene rings is 1. The second-order valence-electron chi connectivity index (χ2n) is 5.02. The number of anilines is 1. The quantitative estimate of drug-likeness (QED) is 0.408. The Morgan fingerprint density at radius 2 is 1.67 bits per heavy atom. The maximum atomic E-state index is 12.2. The Labute approximate surface area is 152 Å². The van der Waals surface area contributed by atoms with Gasteiger partial charge in [-0.3, -0.25) is 0 Å². The van der Waals surface area contributed by atoms with E-state index in [9.17, 15) is 18.4 Å². The summed E-state index contributed by atoms with van der Waals surface area (Å²) in [6.45, 7) is -0.0935. The van der Waals surface area contributed by atoms with Crippen LogP contribution in [-0.4, -0.2) is 24.3 Å². The van der Waals surface area contributed by atoms with Gasteiger partial charge in [-0.25, -0.2) is 9.59 Å². The maximum Gasteiger partial charge on any atom is 0.387 e. The zero-order valence-corrected chi connectivity index (χ0v) is 15.5. The number of hydrogen-bond acceptors (Lipinski definition) is 6. The molecule has 0 atom stereocenters. The Hall–Kier alpha value is -1.68. The zero-order valence-electron chi connectivity index (χ0n) is 12.4. The highest BCUT2D eigenvalue weighted by Crippen LogP contribution is 2.36. The van der Waals surface area contributed by atoms with E-state index in [1.165, 1.54) is 26.0 Å². The number of rotatable bonds is 4. The van der Waals surface area contributed by atoms with Crippen LogP contribution in [0.5, 0.6) is 5.75 Å². The molecule has 0 saturated carbocycles. The first-order valence-corrected chi connectivity index (χ1v) is 8.05. The molecule has 10 heteroatoms. The summed E-state index contributed by atoms with van der Waals surface area (Å²) in [6, 6.07) is 2.61. The van der Waals surface area contributed by atoms with Crippen molar-refractivity contribution in [3.8, 4) is 5.75 Å². The van der Waals surface area contributed by atoms with E-state index in [0.717, 1.165) is 6.20 Å². The van der Waals surface area contributed by atoms with Crippen LogP contribution in [0.25, 0.3) is 0 Å². The number of ether oxygens (including phenoxy) is 3. The minimum absolute atomic E-state index is 0.0693. The molecule has 24 heavy (non-hydrogen) atoms. The number of cyclic esters (lactones) is 2. The van der Waals surface area contributed by atoms with Gasteiger partial charge >= 0.3 is 18.6 Å². The summed E-state index contributed by atoms with van der Waals surface area (Å²) < 4.78 is 39.4. The third-order valence-electron chi connectivity index (χ3n) is 2.72. The molecule has 1 aliphatic heterocycles. The van der Waals surface area contributed by atoms with Crippen molar-refractivity contribution in [1.29, 1.82) is 0 Å². The summed E-state index contributed by atoms with van der Waals surface area (Å²) in [5.41, 5.74) is 0.0515. The lowest BCUT2D eigenvalue weighted by molar-refractivity contribution is -0.222. The van der Waals surface area contributed by atoms with Crippen LogP contribution in [0.15, 0.2) is 32.9 Å². The number of nitrogens with one attached hydrogen (secondary N) is 1. The van der Waals surface area contributed by atoms with E-state index in [4.69, 9.17) is 9.47 Å². The molecule has 1 aromatic rings. The molecule has 1 N–H and O–H groups in total. The summed E-state index contributed by atoms with van der Waals surface area (Å²) >= 11 is 6.36. The molecule has 1 fully saturated rings. The van der Waals surface area contributed by atoms with Crippen molar-refractivity contribution in [2.24, 2.45) is 0 Å². The average Bonchev–Trinajstić information content (AvgIpc) is 2.38. The minimum Gasteiger partial charge on any atom is -0.435 e. The van der Waals surface area contributed by atoms with Crippen LogP contribution >= 0.6 is 31.9 Å². The van der Waals surface area contributed by atoms with Crippen molar-refractivity contribution in [3.05, 3.63) is 32.9 Å². The summed E-state index contributed by atoms with van der Waals surface area (Å²) in [5.74, 6) is -3.08. The molecule has 0 unspecified atom stereocenters. The molecule has 6 nitrogen and oxygen atoms in total. The molecule has 1 aromatic carbocycles. The van der Waals surface area contributed by atoms with Gasteiger partial charge in [-0.1, -0.05) is 0 Å². The van der Waals surface area contributed by atoms with Crippen molar-refractivity contribution < 1.29 is 32.6 Å². The molecule has 0 aliphatic carbocycles. The van der Waals surface area contributed by atoms with Crippen LogP contribution in [0.3, 0.4) is 0 Å². The fraction of sp³-hybridized carbons (Fsp3) is 0.286. The van der Waals surface area contributed by atoms with E-state index < -0.39 is 24.3 Å². The van der Waals surface area contributed by atoms with Crippen LogP contribution < -0.4 is 10.1 Å². The monoisotopic (exact) mass is 469 g/mol. The van der Waals surface area contributed by atoms with Gasteiger partial charge in [0.05, 0.1) is 5.69 Å². The van der Waals surface area contributed by atoms with Gasteiger partial charge in [-0.15, -0.1) is 0 Å². The summed E-state index contributed by atoms with van der Waals surface area (Å²) in [4.78, 5) is 23.7. The predicted octanol–water partition coefficient (Wildman–Crippen LogP) is 3.94. The third-order valence-corrected chi connectivity index (χ3v) is 3.97. The molecule has 1 saturated heterocycles. The van der Waals surface area contributed by atoms with Gasteiger partial charge in [0.2, 0.25) is 0 Å². The highest BCUT2D eigenvalue weighted by atomic mass is 79.9. The van der Waals surface area contributed by atoms with Gasteiger partial charge in [-0.2, -0.15) is 8.78 Å². The molecule has 1 aliphatic rings.